The first kappa shape index (κ1) is 12.8. The van der Waals surface area contributed by atoms with Crippen molar-refractivity contribution in [3.8, 4) is 11.3 Å². The average molecular weight is 310 g/mol. The maximum atomic E-state index is 4.51. The number of aryl methyl sites for hydroxylation is 1. The van der Waals surface area contributed by atoms with Gasteiger partial charge in [0, 0.05) is 10.4 Å². The number of thiazole rings is 1. The van der Waals surface area contributed by atoms with Crippen LogP contribution in [0, 0.1) is 12.8 Å². The molecule has 0 aliphatic heterocycles. The highest BCUT2D eigenvalue weighted by molar-refractivity contribution is 9.11. The van der Waals surface area contributed by atoms with Gasteiger partial charge in [-0.3, -0.25) is 0 Å². The molecule has 1 aromatic heterocycles. The quantitative estimate of drug-likeness (QED) is 0.770. The summed E-state index contributed by atoms with van der Waals surface area (Å²) in [5.74, 6) is 0.705. The van der Waals surface area contributed by atoms with Gasteiger partial charge in [0.25, 0.3) is 0 Å². The molecule has 0 saturated carbocycles. The first-order chi connectivity index (χ1) is 8.06. The Morgan fingerprint density at radius 3 is 2.35 bits per heavy atom. The van der Waals surface area contributed by atoms with Crippen LogP contribution in [0.2, 0.25) is 0 Å². The van der Waals surface area contributed by atoms with Gasteiger partial charge in [0.15, 0.2) is 3.92 Å². The Morgan fingerprint density at radius 1 is 1.24 bits per heavy atom. The molecular weight excluding hydrogens is 294 g/mol. The molecule has 0 saturated heterocycles. The standard InChI is InChI=1S/C14H16BrNS/c1-9(2)8-11-4-6-12(7-5-11)13-10(3)17-14(15)16-13/h4-7,9H,8H2,1-3H3. The summed E-state index contributed by atoms with van der Waals surface area (Å²) in [6, 6.07) is 8.77. The Balaban J connectivity index is 2.26. The van der Waals surface area contributed by atoms with Crippen molar-refractivity contribution in [3.63, 3.8) is 0 Å². The van der Waals surface area contributed by atoms with Crippen LogP contribution >= 0.6 is 27.3 Å². The van der Waals surface area contributed by atoms with E-state index in [1.54, 1.807) is 11.3 Å². The molecule has 0 bridgehead atoms. The average Bonchev–Trinajstić information content (AvgIpc) is 2.58. The number of halogens is 1. The predicted molar refractivity (Wildman–Crippen MR) is 78.5 cm³/mol. The van der Waals surface area contributed by atoms with Crippen LogP contribution in [0.5, 0.6) is 0 Å². The van der Waals surface area contributed by atoms with Gasteiger partial charge in [0.05, 0.1) is 5.69 Å². The van der Waals surface area contributed by atoms with Crippen LogP contribution in [-0.2, 0) is 6.42 Å². The largest absolute Gasteiger partial charge is 0.229 e. The van der Waals surface area contributed by atoms with E-state index in [2.05, 4.69) is 66.0 Å². The third kappa shape index (κ3) is 3.17. The summed E-state index contributed by atoms with van der Waals surface area (Å²) in [7, 11) is 0. The van der Waals surface area contributed by atoms with Crippen LogP contribution in [0.15, 0.2) is 28.2 Å². The zero-order chi connectivity index (χ0) is 12.4. The highest BCUT2D eigenvalue weighted by Crippen LogP contribution is 2.30. The number of nitrogens with zero attached hydrogens (tertiary/aromatic N) is 1. The van der Waals surface area contributed by atoms with E-state index in [1.807, 2.05) is 0 Å². The van der Waals surface area contributed by atoms with Gasteiger partial charge in [-0.15, -0.1) is 11.3 Å². The molecule has 0 spiro atoms. The van der Waals surface area contributed by atoms with Gasteiger partial charge in [0.2, 0.25) is 0 Å². The van der Waals surface area contributed by atoms with E-state index in [1.165, 1.54) is 16.0 Å². The minimum Gasteiger partial charge on any atom is -0.229 e. The van der Waals surface area contributed by atoms with Gasteiger partial charge in [0.1, 0.15) is 0 Å². The van der Waals surface area contributed by atoms with Gasteiger partial charge in [-0.25, -0.2) is 4.98 Å². The smallest absolute Gasteiger partial charge is 0.160 e. The van der Waals surface area contributed by atoms with Crippen molar-refractivity contribution in [1.29, 1.82) is 0 Å². The van der Waals surface area contributed by atoms with E-state index in [-0.39, 0.29) is 0 Å². The van der Waals surface area contributed by atoms with Crippen molar-refractivity contribution in [2.75, 3.05) is 0 Å². The third-order valence-corrected chi connectivity index (χ3v) is 4.06. The number of rotatable bonds is 3. The van der Waals surface area contributed by atoms with Gasteiger partial charge >= 0.3 is 0 Å². The number of aromatic nitrogens is 1. The van der Waals surface area contributed by atoms with Crippen molar-refractivity contribution >= 4 is 27.3 Å². The third-order valence-electron chi connectivity index (χ3n) is 2.64. The molecule has 0 atom stereocenters. The topological polar surface area (TPSA) is 12.9 Å². The lowest BCUT2D eigenvalue weighted by Crippen LogP contribution is -1.93. The highest BCUT2D eigenvalue weighted by atomic mass is 79.9. The highest BCUT2D eigenvalue weighted by Gasteiger charge is 2.08. The molecule has 0 fully saturated rings. The summed E-state index contributed by atoms with van der Waals surface area (Å²) in [5.41, 5.74) is 3.70. The molecule has 3 heteroatoms. The van der Waals surface area contributed by atoms with Crippen LogP contribution in [0.25, 0.3) is 11.3 Å². The Labute approximate surface area is 115 Å². The first-order valence-corrected chi connectivity index (χ1v) is 7.39. The van der Waals surface area contributed by atoms with E-state index >= 15 is 0 Å². The number of hydrogen-bond donors (Lipinski definition) is 0. The summed E-state index contributed by atoms with van der Waals surface area (Å²) in [6.07, 6.45) is 1.14. The molecule has 2 aromatic rings. The fourth-order valence-corrected chi connectivity index (χ4v) is 3.46. The van der Waals surface area contributed by atoms with E-state index < -0.39 is 0 Å². The fourth-order valence-electron chi connectivity index (χ4n) is 1.90. The van der Waals surface area contributed by atoms with E-state index in [0.717, 1.165) is 16.0 Å². The second kappa shape index (κ2) is 5.32. The van der Waals surface area contributed by atoms with E-state index in [4.69, 9.17) is 0 Å². The lowest BCUT2D eigenvalue weighted by atomic mass is 10.0. The Kier molecular flexibility index (Phi) is 4.00. The Hall–Kier alpha value is -0.670. The molecule has 0 radical (unpaired) electrons. The van der Waals surface area contributed by atoms with Crippen LogP contribution in [-0.4, -0.2) is 4.98 Å². The van der Waals surface area contributed by atoms with Gasteiger partial charge in [-0.2, -0.15) is 0 Å². The molecule has 0 amide bonds. The molecule has 90 valence electrons. The normalized spacial score (nSPS) is 11.1. The zero-order valence-electron chi connectivity index (χ0n) is 10.3. The van der Waals surface area contributed by atoms with Gasteiger partial charge < -0.3 is 0 Å². The molecule has 0 aliphatic carbocycles. The molecule has 2 rings (SSSR count). The first-order valence-electron chi connectivity index (χ1n) is 5.78. The summed E-state index contributed by atoms with van der Waals surface area (Å²) in [5, 5.41) is 0. The second-order valence-electron chi connectivity index (χ2n) is 4.67. The van der Waals surface area contributed by atoms with Crippen molar-refractivity contribution in [1.82, 2.24) is 4.98 Å². The van der Waals surface area contributed by atoms with Crippen molar-refractivity contribution in [2.24, 2.45) is 5.92 Å². The van der Waals surface area contributed by atoms with Gasteiger partial charge in [-0.05, 0) is 40.8 Å². The maximum Gasteiger partial charge on any atom is 0.160 e. The monoisotopic (exact) mass is 309 g/mol. The van der Waals surface area contributed by atoms with Crippen LogP contribution in [0.3, 0.4) is 0 Å². The van der Waals surface area contributed by atoms with Crippen LogP contribution in [0.1, 0.15) is 24.3 Å². The predicted octanol–water partition coefficient (Wildman–Crippen LogP) is 5.08. The second-order valence-corrected chi connectivity index (χ2v) is 7.15. The summed E-state index contributed by atoms with van der Waals surface area (Å²) in [6.45, 7) is 6.60. The lowest BCUT2D eigenvalue weighted by Gasteiger charge is -2.05. The zero-order valence-corrected chi connectivity index (χ0v) is 12.7. The number of hydrogen-bond acceptors (Lipinski definition) is 2. The minimum atomic E-state index is 0.705. The molecule has 0 unspecified atom stereocenters. The number of benzene rings is 1. The molecule has 0 aliphatic rings. The van der Waals surface area contributed by atoms with Crippen molar-refractivity contribution in [3.05, 3.63) is 38.6 Å². The van der Waals surface area contributed by atoms with E-state index in [0.29, 0.717) is 5.92 Å². The van der Waals surface area contributed by atoms with Crippen molar-refractivity contribution in [2.45, 2.75) is 27.2 Å². The molecule has 0 N–H and O–H groups in total. The molecule has 17 heavy (non-hydrogen) atoms. The Bertz CT molecular complexity index is 499. The summed E-state index contributed by atoms with van der Waals surface area (Å²) < 4.78 is 0.955. The van der Waals surface area contributed by atoms with Crippen LogP contribution in [0.4, 0.5) is 0 Å². The fraction of sp³-hybridized carbons (Fsp3) is 0.357. The Morgan fingerprint density at radius 2 is 1.88 bits per heavy atom. The minimum absolute atomic E-state index is 0.705. The maximum absolute atomic E-state index is 4.51. The SMILES string of the molecule is Cc1sc(Br)nc1-c1ccc(CC(C)C)cc1. The van der Waals surface area contributed by atoms with E-state index in [9.17, 15) is 0 Å². The molecular formula is C14H16BrNS. The molecule has 1 aromatic carbocycles. The van der Waals surface area contributed by atoms with Crippen molar-refractivity contribution < 1.29 is 0 Å². The summed E-state index contributed by atoms with van der Waals surface area (Å²) in [4.78, 5) is 5.76. The summed E-state index contributed by atoms with van der Waals surface area (Å²) >= 11 is 5.12. The lowest BCUT2D eigenvalue weighted by molar-refractivity contribution is 0.647. The van der Waals surface area contributed by atoms with Gasteiger partial charge in [-0.1, -0.05) is 38.1 Å². The van der Waals surface area contributed by atoms with Crippen LogP contribution < -0.4 is 0 Å². The molecule has 1 heterocycles. The molecule has 1 nitrogen and oxygen atoms in total.